The zero-order chi connectivity index (χ0) is 25.6. The molecule has 2 aromatic rings. The summed E-state index contributed by atoms with van der Waals surface area (Å²) in [6.45, 7) is 4.57. The minimum atomic E-state index is -4.68. The Morgan fingerprint density at radius 2 is 1.12 bits per heavy atom. The highest BCUT2D eigenvalue weighted by Crippen LogP contribution is 2.26. The van der Waals surface area contributed by atoms with E-state index in [1.165, 1.54) is 95.2 Å². The van der Waals surface area contributed by atoms with Gasteiger partial charge in [-0.1, -0.05) is 97.0 Å². The maximum absolute atomic E-state index is 11.3. The summed E-state index contributed by atoms with van der Waals surface area (Å²) in [6.07, 6.45) is 17.4. The van der Waals surface area contributed by atoms with Gasteiger partial charge in [0.05, 0.1) is 11.1 Å². The van der Waals surface area contributed by atoms with Crippen LogP contribution < -0.4 is 0 Å². The van der Waals surface area contributed by atoms with Gasteiger partial charge in [0.15, 0.2) is 0 Å². The quantitative estimate of drug-likeness (QED) is 0.187. The molecule has 2 aromatic carbocycles. The SMILES string of the molecule is CCCCCCCCCCCCCC.O=C(O)c1cc(S(=O)(=O)O)c2cc(C(=O)O)ccc2c1. The van der Waals surface area contributed by atoms with E-state index in [0.717, 1.165) is 12.1 Å². The van der Waals surface area contributed by atoms with Crippen molar-refractivity contribution in [1.29, 1.82) is 0 Å². The molecule has 0 unspecified atom stereocenters. The summed E-state index contributed by atoms with van der Waals surface area (Å²) in [5.74, 6) is -2.63. The molecular formula is C26H38O7S. The highest BCUT2D eigenvalue weighted by atomic mass is 32.2. The molecule has 0 saturated carbocycles. The largest absolute Gasteiger partial charge is 0.478 e. The molecule has 2 rings (SSSR count). The third-order valence-electron chi connectivity index (χ3n) is 5.65. The van der Waals surface area contributed by atoms with Gasteiger partial charge in [0.1, 0.15) is 4.90 Å². The molecule has 0 aromatic heterocycles. The fourth-order valence-corrected chi connectivity index (χ4v) is 4.44. The molecule has 0 aliphatic carbocycles. The molecule has 0 aliphatic heterocycles. The van der Waals surface area contributed by atoms with Crippen LogP contribution in [0.3, 0.4) is 0 Å². The number of fused-ring (bicyclic) bond motifs is 1. The van der Waals surface area contributed by atoms with Gasteiger partial charge in [0, 0.05) is 5.39 Å². The Morgan fingerprint density at radius 3 is 1.50 bits per heavy atom. The Hall–Kier alpha value is -2.45. The molecule has 7 nitrogen and oxygen atoms in total. The second-order valence-corrected chi connectivity index (χ2v) is 9.92. The number of rotatable bonds is 14. The first-order valence-electron chi connectivity index (χ1n) is 12.1. The van der Waals surface area contributed by atoms with Crippen molar-refractivity contribution >= 4 is 32.8 Å². The highest BCUT2D eigenvalue weighted by Gasteiger charge is 2.19. The van der Waals surface area contributed by atoms with Crippen molar-refractivity contribution in [2.75, 3.05) is 0 Å². The molecule has 34 heavy (non-hydrogen) atoms. The van der Waals surface area contributed by atoms with Crippen molar-refractivity contribution in [2.45, 2.75) is 95.8 Å². The van der Waals surface area contributed by atoms with Gasteiger partial charge in [-0.2, -0.15) is 8.42 Å². The van der Waals surface area contributed by atoms with Crippen LogP contribution in [0.5, 0.6) is 0 Å². The maximum Gasteiger partial charge on any atom is 0.335 e. The Bertz CT molecular complexity index is 1020. The number of hydrogen-bond donors (Lipinski definition) is 3. The zero-order valence-corrected chi connectivity index (χ0v) is 21.1. The predicted molar refractivity (Wildman–Crippen MR) is 134 cm³/mol. The molecular weight excluding hydrogens is 456 g/mol. The van der Waals surface area contributed by atoms with Gasteiger partial charge in [0.2, 0.25) is 0 Å². The van der Waals surface area contributed by atoms with E-state index < -0.39 is 27.0 Å². The molecule has 0 bridgehead atoms. The lowest BCUT2D eigenvalue weighted by Crippen LogP contribution is -2.05. The normalized spacial score (nSPS) is 11.1. The first-order valence-corrected chi connectivity index (χ1v) is 13.6. The summed E-state index contributed by atoms with van der Waals surface area (Å²) in [5.41, 5.74) is -0.501. The number of carbonyl (C=O) groups is 2. The number of carboxylic acid groups (broad SMARTS) is 2. The minimum Gasteiger partial charge on any atom is -0.478 e. The summed E-state index contributed by atoms with van der Waals surface area (Å²) in [7, 11) is -4.68. The molecule has 190 valence electrons. The third kappa shape index (κ3) is 10.7. The van der Waals surface area contributed by atoms with Crippen LogP contribution in [-0.4, -0.2) is 35.1 Å². The van der Waals surface area contributed by atoms with Crippen LogP contribution in [-0.2, 0) is 10.1 Å². The Labute approximate surface area is 202 Å². The van der Waals surface area contributed by atoms with E-state index in [1.807, 2.05) is 0 Å². The maximum atomic E-state index is 11.3. The van der Waals surface area contributed by atoms with Crippen LogP contribution >= 0.6 is 0 Å². The van der Waals surface area contributed by atoms with Crippen molar-refractivity contribution in [1.82, 2.24) is 0 Å². The summed E-state index contributed by atoms with van der Waals surface area (Å²) >= 11 is 0. The van der Waals surface area contributed by atoms with Crippen LogP contribution in [0.1, 0.15) is 112 Å². The van der Waals surface area contributed by atoms with Crippen molar-refractivity contribution in [3.63, 3.8) is 0 Å². The summed E-state index contributed by atoms with van der Waals surface area (Å²) in [5, 5.41) is 17.9. The van der Waals surface area contributed by atoms with E-state index in [1.54, 1.807) is 0 Å². The Morgan fingerprint density at radius 1 is 0.676 bits per heavy atom. The van der Waals surface area contributed by atoms with Crippen molar-refractivity contribution in [2.24, 2.45) is 0 Å². The molecule has 0 heterocycles. The number of unbranched alkanes of at least 4 members (excludes halogenated alkanes) is 11. The van der Waals surface area contributed by atoms with E-state index in [-0.39, 0.29) is 21.9 Å². The van der Waals surface area contributed by atoms with Crippen LogP contribution in [0.4, 0.5) is 0 Å². The molecule has 0 saturated heterocycles. The fraction of sp³-hybridized carbons (Fsp3) is 0.538. The predicted octanol–water partition coefficient (Wildman–Crippen LogP) is 7.19. The van der Waals surface area contributed by atoms with Crippen LogP contribution in [0.15, 0.2) is 35.2 Å². The highest BCUT2D eigenvalue weighted by molar-refractivity contribution is 7.86. The first-order chi connectivity index (χ1) is 16.1. The molecule has 0 spiro atoms. The molecule has 0 amide bonds. The van der Waals surface area contributed by atoms with Gasteiger partial charge in [-0.25, -0.2) is 9.59 Å². The van der Waals surface area contributed by atoms with Crippen molar-refractivity contribution in [3.8, 4) is 0 Å². The van der Waals surface area contributed by atoms with Gasteiger partial charge in [-0.3, -0.25) is 4.55 Å². The molecule has 0 fully saturated rings. The second-order valence-electron chi connectivity index (χ2n) is 8.53. The van der Waals surface area contributed by atoms with E-state index in [2.05, 4.69) is 13.8 Å². The molecule has 3 N–H and O–H groups in total. The minimum absolute atomic E-state index is 0.0580. The summed E-state index contributed by atoms with van der Waals surface area (Å²) < 4.78 is 31.8. The van der Waals surface area contributed by atoms with Crippen LogP contribution in [0.25, 0.3) is 10.8 Å². The number of hydrogen-bond acceptors (Lipinski definition) is 4. The summed E-state index contributed by atoms with van der Waals surface area (Å²) in [4.78, 5) is 21.2. The standard InChI is InChI=1S/C14H30.C12H8O7S/c1-3-5-7-9-11-13-14-12-10-8-6-4-2;13-11(14)7-2-1-6-3-8(12(15)16)5-10(9(6)4-7)20(17,18)19/h3-14H2,1-2H3;1-5H,(H,13,14)(H,15,16)(H,17,18,19). The number of benzene rings is 2. The monoisotopic (exact) mass is 494 g/mol. The van der Waals surface area contributed by atoms with E-state index in [4.69, 9.17) is 14.8 Å². The molecule has 0 aliphatic rings. The average molecular weight is 495 g/mol. The topological polar surface area (TPSA) is 129 Å². The number of aromatic carboxylic acids is 2. The molecule has 0 atom stereocenters. The lowest BCUT2D eigenvalue weighted by atomic mass is 10.0. The van der Waals surface area contributed by atoms with Gasteiger partial charge < -0.3 is 10.2 Å². The third-order valence-corrected chi connectivity index (χ3v) is 6.54. The van der Waals surface area contributed by atoms with Crippen molar-refractivity contribution < 1.29 is 32.8 Å². The summed E-state index contributed by atoms with van der Waals surface area (Å²) in [6, 6.07) is 5.53. The van der Waals surface area contributed by atoms with Crippen molar-refractivity contribution in [3.05, 3.63) is 41.5 Å². The van der Waals surface area contributed by atoms with Gasteiger partial charge in [-0.05, 0) is 29.7 Å². The first kappa shape index (κ1) is 29.6. The fourth-order valence-electron chi connectivity index (χ4n) is 3.71. The second kappa shape index (κ2) is 15.5. The van der Waals surface area contributed by atoms with E-state index in [0.29, 0.717) is 0 Å². The zero-order valence-electron chi connectivity index (χ0n) is 20.3. The Balaban J connectivity index is 0.000000365. The van der Waals surface area contributed by atoms with E-state index >= 15 is 0 Å². The van der Waals surface area contributed by atoms with Gasteiger partial charge in [0.25, 0.3) is 10.1 Å². The molecule has 8 heteroatoms. The van der Waals surface area contributed by atoms with E-state index in [9.17, 15) is 18.0 Å². The van der Waals surface area contributed by atoms with Gasteiger partial charge in [-0.15, -0.1) is 0 Å². The van der Waals surface area contributed by atoms with Crippen LogP contribution in [0, 0.1) is 0 Å². The lowest BCUT2D eigenvalue weighted by molar-refractivity contribution is 0.0685. The Kier molecular flexibility index (Phi) is 13.4. The molecule has 0 radical (unpaired) electrons. The smallest absolute Gasteiger partial charge is 0.335 e. The lowest BCUT2D eigenvalue weighted by Gasteiger charge is -2.07. The average Bonchev–Trinajstić information content (AvgIpc) is 2.79. The van der Waals surface area contributed by atoms with Crippen LogP contribution in [0.2, 0.25) is 0 Å². The number of carboxylic acids is 2. The van der Waals surface area contributed by atoms with Gasteiger partial charge >= 0.3 is 11.9 Å².